The number of rotatable bonds is 6. The summed E-state index contributed by atoms with van der Waals surface area (Å²) in [5.41, 5.74) is 1.33. The van der Waals surface area contributed by atoms with E-state index in [9.17, 15) is 16.8 Å². The van der Waals surface area contributed by atoms with E-state index in [4.69, 9.17) is 5.11 Å². The van der Waals surface area contributed by atoms with Crippen molar-refractivity contribution in [1.82, 2.24) is 4.31 Å². The second-order valence-electron chi connectivity index (χ2n) is 4.70. The Kier molecular flexibility index (Phi) is 5.31. The Balaban J connectivity index is 3.04. The Hall–Kier alpha value is -0.960. The van der Waals surface area contributed by atoms with E-state index in [-0.39, 0.29) is 23.8 Å². The van der Waals surface area contributed by atoms with Crippen molar-refractivity contribution in [2.75, 3.05) is 25.6 Å². The largest absolute Gasteiger partial charge is 0.392 e. The van der Waals surface area contributed by atoms with Crippen LogP contribution in [0.5, 0.6) is 0 Å². The van der Waals surface area contributed by atoms with Gasteiger partial charge in [-0.15, -0.1) is 0 Å². The molecule has 0 fully saturated rings. The third-order valence-corrected chi connectivity index (χ3v) is 5.75. The molecule has 1 aromatic carbocycles. The van der Waals surface area contributed by atoms with Crippen molar-refractivity contribution in [1.29, 1.82) is 0 Å². The van der Waals surface area contributed by atoms with Gasteiger partial charge in [-0.3, -0.25) is 0 Å². The van der Waals surface area contributed by atoms with Crippen LogP contribution in [0.15, 0.2) is 23.1 Å². The number of sulfonamides is 1. The smallest absolute Gasteiger partial charge is 0.242 e. The minimum atomic E-state index is -3.75. The minimum Gasteiger partial charge on any atom is -0.392 e. The van der Waals surface area contributed by atoms with Crippen molar-refractivity contribution in [2.45, 2.75) is 18.4 Å². The van der Waals surface area contributed by atoms with Crippen molar-refractivity contribution in [3.05, 3.63) is 29.3 Å². The first-order chi connectivity index (χ1) is 9.08. The summed E-state index contributed by atoms with van der Waals surface area (Å²) in [5, 5.41) is 9.17. The molecule has 0 spiro atoms. The molecule has 0 aliphatic heterocycles. The second-order valence-corrected chi connectivity index (χ2v) is 9.01. The van der Waals surface area contributed by atoms with Crippen molar-refractivity contribution < 1.29 is 21.9 Å². The van der Waals surface area contributed by atoms with Crippen LogP contribution in [0.3, 0.4) is 0 Å². The van der Waals surface area contributed by atoms with Crippen LogP contribution in [0.2, 0.25) is 0 Å². The van der Waals surface area contributed by atoms with Crippen molar-refractivity contribution in [3.63, 3.8) is 0 Å². The maximum Gasteiger partial charge on any atom is 0.242 e. The average molecular weight is 321 g/mol. The summed E-state index contributed by atoms with van der Waals surface area (Å²) in [4.78, 5) is 0.0446. The van der Waals surface area contributed by atoms with E-state index in [2.05, 4.69) is 0 Å². The number of aliphatic hydroxyl groups is 1. The van der Waals surface area contributed by atoms with E-state index in [1.165, 1.54) is 19.2 Å². The van der Waals surface area contributed by atoms with Gasteiger partial charge < -0.3 is 5.11 Å². The average Bonchev–Trinajstić information content (AvgIpc) is 2.35. The van der Waals surface area contributed by atoms with Crippen LogP contribution < -0.4 is 0 Å². The molecule has 20 heavy (non-hydrogen) atoms. The fourth-order valence-corrected chi connectivity index (χ4v) is 3.52. The van der Waals surface area contributed by atoms with E-state index in [0.717, 1.165) is 16.1 Å². The van der Waals surface area contributed by atoms with Gasteiger partial charge in [-0.05, 0) is 30.2 Å². The van der Waals surface area contributed by atoms with Gasteiger partial charge in [-0.25, -0.2) is 16.8 Å². The molecule has 0 aromatic heterocycles. The van der Waals surface area contributed by atoms with E-state index in [0.29, 0.717) is 5.56 Å². The molecule has 8 heteroatoms. The number of benzene rings is 1. The van der Waals surface area contributed by atoms with Crippen molar-refractivity contribution in [2.24, 2.45) is 0 Å². The summed E-state index contributed by atoms with van der Waals surface area (Å²) in [6, 6.07) is 4.46. The molecular weight excluding hydrogens is 302 g/mol. The molecule has 1 N–H and O–H groups in total. The lowest BCUT2D eigenvalue weighted by molar-refractivity contribution is 0.280. The molecule has 0 unspecified atom stereocenters. The Labute approximate surface area is 120 Å². The predicted octanol–water partition coefficient (Wildman–Crippen LogP) is 0.152. The van der Waals surface area contributed by atoms with Gasteiger partial charge in [0.05, 0.1) is 17.3 Å². The highest BCUT2D eigenvalue weighted by molar-refractivity contribution is 7.91. The third-order valence-electron chi connectivity index (χ3n) is 2.98. The lowest BCUT2D eigenvalue weighted by atomic mass is 10.1. The van der Waals surface area contributed by atoms with Crippen molar-refractivity contribution >= 4 is 19.9 Å². The number of aliphatic hydroxyl groups excluding tert-OH is 1. The molecule has 0 radical (unpaired) electrons. The molecular formula is C12H19NO5S2. The summed E-state index contributed by atoms with van der Waals surface area (Å²) in [5.74, 6) is -0.235. The quantitative estimate of drug-likeness (QED) is 0.805. The lowest BCUT2D eigenvalue weighted by Gasteiger charge is -2.17. The van der Waals surface area contributed by atoms with Gasteiger partial charge >= 0.3 is 0 Å². The molecule has 6 nitrogen and oxygen atoms in total. The summed E-state index contributed by atoms with van der Waals surface area (Å²) >= 11 is 0. The highest BCUT2D eigenvalue weighted by Gasteiger charge is 2.22. The van der Waals surface area contributed by atoms with E-state index < -0.39 is 19.9 Å². The van der Waals surface area contributed by atoms with Crippen molar-refractivity contribution in [3.8, 4) is 0 Å². The Bertz CT molecular complexity index is 680. The standard InChI is InChI=1S/C12H19NO5S2/c1-10-4-5-12(8-11(10)9-14)20(17,18)13(2)6-7-19(3,15)16/h4-5,8,14H,6-7,9H2,1-3H3. The number of hydrogen-bond donors (Lipinski definition) is 1. The fraction of sp³-hybridized carbons (Fsp3) is 0.500. The highest BCUT2D eigenvalue weighted by Crippen LogP contribution is 2.18. The Morgan fingerprint density at radius 3 is 2.30 bits per heavy atom. The van der Waals surface area contributed by atoms with E-state index in [1.807, 2.05) is 0 Å². The Morgan fingerprint density at radius 1 is 1.20 bits per heavy atom. The van der Waals surface area contributed by atoms with Gasteiger partial charge in [-0.2, -0.15) is 4.31 Å². The summed E-state index contributed by atoms with van der Waals surface area (Å²) in [6.07, 6.45) is 1.06. The van der Waals surface area contributed by atoms with Gasteiger partial charge in [0, 0.05) is 19.8 Å². The SMILES string of the molecule is Cc1ccc(S(=O)(=O)N(C)CCS(C)(=O)=O)cc1CO. The Morgan fingerprint density at radius 2 is 1.80 bits per heavy atom. The number of nitrogens with zero attached hydrogens (tertiary/aromatic N) is 1. The van der Waals surface area contributed by atoms with Gasteiger partial charge in [-0.1, -0.05) is 6.07 Å². The normalized spacial score (nSPS) is 12.8. The molecule has 0 heterocycles. The van der Waals surface area contributed by atoms with E-state index >= 15 is 0 Å². The first kappa shape index (κ1) is 17.1. The monoisotopic (exact) mass is 321 g/mol. The van der Waals surface area contributed by atoms with Gasteiger partial charge in [0.2, 0.25) is 10.0 Å². The predicted molar refractivity (Wildman–Crippen MR) is 76.6 cm³/mol. The first-order valence-corrected chi connectivity index (χ1v) is 9.42. The minimum absolute atomic E-state index is 0.0446. The zero-order valence-corrected chi connectivity index (χ0v) is 13.3. The number of aryl methyl sites for hydroxylation is 1. The third kappa shape index (κ3) is 4.27. The van der Waals surface area contributed by atoms with Gasteiger partial charge in [0.15, 0.2) is 0 Å². The van der Waals surface area contributed by atoms with Gasteiger partial charge in [0.1, 0.15) is 9.84 Å². The maximum absolute atomic E-state index is 12.3. The molecule has 0 amide bonds. The molecule has 0 aliphatic rings. The molecule has 1 aromatic rings. The van der Waals surface area contributed by atoms with Crippen LogP contribution in [0.25, 0.3) is 0 Å². The zero-order valence-electron chi connectivity index (χ0n) is 11.7. The topological polar surface area (TPSA) is 91.8 Å². The van der Waals surface area contributed by atoms with Crippen LogP contribution >= 0.6 is 0 Å². The first-order valence-electron chi connectivity index (χ1n) is 5.92. The lowest BCUT2D eigenvalue weighted by Crippen LogP contribution is -2.31. The molecule has 1 rings (SSSR count). The van der Waals surface area contributed by atoms with Crippen LogP contribution in [0.4, 0.5) is 0 Å². The summed E-state index contributed by atoms with van der Waals surface area (Å²) in [6.45, 7) is 1.42. The molecule has 0 bridgehead atoms. The number of sulfone groups is 1. The summed E-state index contributed by atoms with van der Waals surface area (Å²) in [7, 11) is -5.65. The molecule has 0 atom stereocenters. The summed E-state index contributed by atoms with van der Waals surface area (Å²) < 4.78 is 47.7. The molecule has 0 aliphatic carbocycles. The van der Waals surface area contributed by atoms with E-state index in [1.54, 1.807) is 13.0 Å². The number of hydrogen-bond acceptors (Lipinski definition) is 5. The fourth-order valence-electron chi connectivity index (χ4n) is 1.57. The van der Waals surface area contributed by atoms with Gasteiger partial charge in [0.25, 0.3) is 0 Å². The maximum atomic E-state index is 12.3. The zero-order chi connectivity index (χ0) is 15.6. The second kappa shape index (κ2) is 6.21. The molecule has 0 saturated carbocycles. The highest BCUT2D eigenvalue weighted by atomic mass is 32.2. The van der Waals surface area contributed by atoms with Crippen LogP contribution in [-0.4, -0.2) is 51.8 Å². The molecule has 0 saturated heterocycles. The van der Waals surface area contributed by atoms with Crippen LogP contribution in [0, 0.1) is 6.92 Å². The molecule has 114 valence electrons. The van der Waals surface area contributed by atoms with Crippen LogP contribution in [0.1, 0.15) is 11.1 Å². The van der Waals surface area contributed by atoms with Crippen LogP contribution in [-0.2, 0) is 26.5 Å².